The van der Waals surface area contributed by atoms with Gasteiger partial charge in [0, 0.05) is 16.3 Å². The Hall–Kier alpha value is -5.92. The third kappa shape index (κ3) is 4.09. The zero-order valence-electron chi connectivity index (χ0n) is 36.6. The molecule has 0 radical (unpaired) electrons. The maximum Gasteiger partial charge on any atom is 0.143 e. The van der Waals surface area contributed by atoms with Crippen molar-refractivity contribution in [3.8, 4) is 44.5 Å². The third-order valence-electron chi connectivity index (χ3n) is 8.19. The van der Waals surface area contributed by atoms with Gasteiger partial charge < -0.3 is 4.42 Å². The molecule has 210 valence electrons. The van der Waals surface area contributed by atoms with E-state index in [1.165, 1.54) is 0 Å². The van der Waals surface area contributed by atoms with Crippen molar-refractivity contribution in [2.75, 3.05) is 0 Å². The van der Waals surface area contributed by atoms with Crippen molar-refractivity contribution in [2.45, 2.75) is 0 Å². The molecule has 0 aliphatic carbocycles. The lowest BCUT2D eigenvalue weighted by atomic mass is 9.85. The highest BCUT2D eigenvalue weighted by atomic mass is 16.3. The third-order valence-corrected chi connectivity index (χ3v) is 8.19. The van der Waals surface area contributed by atoms with E-state index in [-0.39, 0.29) is 32.7 Å². The Morgan fingerprint density at radius 1 is 0.400 bits per heavy atom. The smallest absolute Gasteiger partial charge is 0.143 e. The Morgan fingerprint density at radius 2 is 0.956 bits per heavy atom. The number of hydrogen-bond donors (Lipinski definition) is 0. The molecule has 8 aromatic carbocycles. The van der Waals surface area contributed by atoms with Gasteiger partial charge in [-0.25, -0.2) is 0 Å². The molecule has 0 bridgehead atoms. The molecule has 1 aromatic heterocycles. The van der Waals surface area contributed by atoms with Gasteiger partial charge in [0.2, 0.25) is 0 Å². The molecule has 0 spiro atoms. The summed E-state index contributed by atoms with van der Waals surface area (Å²) in [4.78, 5) is 0. The normalized spacial score (nSPS) is 15.6. The van der Waals surface area contributed by atoms with Crippen molar-refractivity contribution >= 4 is 43.5 Å². The molecule has 9 aromatic rings. The van der Waals surface area contributed by atoms with Gasteiger partial charge in [0.05, 0.1) is 17.8 Å². The number of benzene rings is 8. The lowest BCUT2D eigenvalue weighted by Crippen LogP contribution is -1.91. The highest BCUT2D eigenvalue weighted by Gasteiger charge is 2.19. The van der Waals surface area contributed by atoms with Gasteiger partial charge in [-0.15, -0.1) is 0 Å². The van der Waals surface area contributed by atoms with Crippen LogP contribution in [-0.4, -0.2) is 0 Å². The van der Waals surface area contributed by atoms with E-state index in [4.69, 9.17) is 16.8 Å². The average Bonchev–Trinajstić information content (AvgIpc) is 3.64. The summed E-state index contributed by atoms with van der Waals surface area (Å²) in [7, 11) is 0. The summed E-state index contributed by atoms with van der Waals surface area (Å²) in [5.74, 6) is 0. The second-order valence-corrected chi connectivity index (χ2v) is 10.7. The zero-order valence-corrected chi connectivity index (χ0v) is 23.6. The molecule has 0 atom stereocenters. The Morgan fingerprint density at radius 3 is 1.67 bits per heavy atom. The highest BCUT2D eigenvalue weighted by Crippen LogP contribution is 2.45. The molecule has 45 heavy (non-hydrogen) atoms. The molecular weight excluding hydrogens is 544 g/mol. The molecule has 0 unspecified atom stereocenters. The van der Waals surface area contributed by atoms with E-state index in [2.05, 4.69) is 0 Å². The number of furan rings is 1. The summed E-state index contributed by atoms with van der Waals surface area (Å²) < 4.78 is 121. The minimum atomic E-state index is -0.716. The van der Waals surface area contributed by atoms with Gasteiger partial charge in [0.25, 0.3) is 0 Å². The number of para-hydroxylation sites is 1. The quantitative estimate of drug-likeness (QED) is 0.187. The zero-order chi connectivity index (χ0) is 41.1. The van der Waals surface area contributed by atoms with Gasteiger partial charge in [-0.05, 0) is 72.6 Å². The number of hydrogen-bond acceptors (Lipinski definition) is 1. The van der Waals surface area contributed by atoms with Gasteiger partial charge in [0.15, 0.2) is 0 Å². The first-order chi connectivity index (χ1) is 27.7. The molecule has 0 saturated carbocycles. The molecule has 1 nitrogen and oxygen atoms in total. The van der Waals surface area contributed by atoms with E-state index in [0.717, 1.165) is 21.9 Å². The molecule has 0 aliphatic rings. The van der Waals surface area contributed by atoms with E-state index in [9.17, 15) is 5.48 Å². The second kappa shape index (κ2) is 10.4. The topological polar surface area (TPSA) is 13.1 Å². The Bertz CT molecular complexity index is 3150. The largest absolute Gasteiger partial charge is 0.455 e. The first kappa shape index (κ1) is 15.7. The van der Waals surface area contributed by atoms with Gasteiger partial charge in [-0.3, -0.25) is 0 Å². The van der Waals surface area contributed by atoms with Gasteiger partial charge >= 0.3 is 0 Å². The minimum Gasteiger partial charge on any atom is -0.455 e. The van der Waals surface area contributed by atoms with Crippen LogP contribution in [0.3, 0.4) is 0 Å². The minimum absolute atomic E-state index is 0.0603. The standard InChI is InChI=1S/C44H28O/c1-3-14-29(15-4-1)33-24-13-27-40-43(33)39-26-12-25-34(44(39)45-40)31-18-11-19-32(28-31)42-37-22-9-7-20-35(37)41(30-16-5-2-6-17-30)36-21-8-10-23-38(36)42/h1-28H/i2D,5D,6D,7D,8D,9D,10D,16D,17D,20D,21D,22D,23D. The van der Waals surface area contributed by atoms with Crippen LogP contribution in [0.15, 0.2) is 174 Å². The van der Waals surface area contributed by atoms with Crippen LogP contribution >= 0.6 is 0 Å². The maximum atomic E-state index is 9.28. The average molecular weight is 586 g/mol. The van der Waals surface area contributed by atoms with Gasteiger partial charge in [-0.1, -0.05) is 157 Å². The SMILES string of the molecule is [2H]c1c([2H])c([2H])c(-c2c3c([2H])c([2H])c([2H])c([2H])c3c(-c3cccc(-c4cccc5c4oc4cccc(-c6ccccc6)c45)c3)c3c([2H])c([2H])c([2H])c([2H])c23)c([2H])c1[2H]. The summed E-state index contributed by atoms with van der Waals surface area (Å²) in [5.41, 5.74) is 4.23. The van der Waals surface area contributed by atoms with Crippen molar-refractivity contribution < 1.29 is 22.2 Å². The lowest BCUT2D eigenvalue weighted by Gasteiger charge is -2.18. The lowest BCUT2D eigenvalue weighted by molar-refractivity contribution is 0.670. The predicted octanol–water partition coefficient (Wildman–Crippen LogP) is 12.6. The Balaban J connectivity index is 1.43. The van der Waals surface area contributed by atoms with E-state index in [1.54, 1.807) is 18.2 Å². The van der Waals surface area contributed by atoms with Crippen LogP contribution < -0.4 is 0 Å². The summed E-state index contributed by atoms with van der Waals surface area (Å²) in [6, 6.07) is 20.2. The van der Waals surface area contributed by atoms with E-state index < -0.39 is 84.1 Å². The molecule has 0 fully saturated rings. The van der Waals surface area contributed by atoms with Crippen molar-refractivity contribution in [3.05, 3.63) is 170 Å². The van der Waals surface area contributed by atoms with Gasteiger partial charge in [0.1, 0.15) is 11.2 Å². The first-order valence-corrected chi connectivity index (χ1v) is 14.4. The van der Waals surface area contributed by atoms with E-state index in [1.807, 2.05) is 72.8 Å². The van der Waals surface area contributed by atoms with E-state index in [0.29, 0.717) is 27.9 Å². The fourth-order valence-electron chi connectivity index (χ4n) is 6.31. The monoisotopic (exact) mass is 585 g/mol. The van der Waals surface area contributed by atoms with Crippen LogP contribution in [0, 0.1) is 0 Å². The van der Waals surface area contributed by atoms with Crippen LogP contribution in [0.25, 0.3) is 88.0 Å². The van der Waals surface area contributed by atoms with E-state index >= 15 is 0 Å². The molecule has 1 heteroatoms. The molecule has 0 N–H and O–H groups in total. The number of rotatable bonds is 4. The Labute approximate surface area is 279 Å². The maximum absolute atomic E-state index is 9.28. The summed E-state index contributed by atoms with van der Waals surface area (Å²) in [5, 5.41) is 0.993. The molecule has 1 heterocycles. The van der Waals surface area contributed by atoms with Crippen LogP contribution in [0.4, 0.5) is 0 Å². The summed E-state index contributed by atoms with van der Waals surface area (Å²) in [6.07, 6.45) is 0. The summed E-state index contributed by atoms with van der Waals surface area (Å²) in [6.45, 7) is 0. The van der Waals surface area contributed by atoms with Gasteiger partial charge in [-0.2, -0.15) is 0 Å². The fourth-order valence-corrected chi connectivity index (χ4v) is 6.31. The summed E-state index contributed by atoms with van der Waals surface area (Å²) >= 11 is 0. The van der Waals surface area contributed by atoms with Crippen molar-refractivity contribution in [1.29, 1.82) is 0 Å². The van der Waals surface area contributed by atoms with Crippen molar-refractivity contribution in [2.24, 2.45) is 0 Å². The molecule has 0 amide bonds. The molecule has 0 saturated heterocycles. The number of fused-ring (bicyclic) bond motifs is 5. The molecule has 9 rings (SSSR count). The first-order valence-electron chi connectivity index (χ1n) is 20.9. The predicted molar refractivity (Wildman–Crippen MR) is 190 cm³/mol. The van der Waals surface area contributed by atoms with Crippen molar-refractivity contribution in [1.82, 2.24) is 0 Å². The van der Waals surface area contributed by atoms with Crippen LogP contribution in [0.1, 0.15) is 17.8 Å². The second-order valence-electron chi connectivity index (χ2n) is 10.7. The van der Waals surface area contributed by atoms with Crippen LogP contribution in [-0.2, 0) is 0 Å². The van der Waals surface area contributed by atoms with Crippen molar-refractivity contribution in [3.63, 3.8) is 0 Å². The Kier molecular flexibility index (Phi) is 3.62. The molecule has 0 aliphatic heterocycles. The van der Waals surface area contributed by atoms with Crippen LogP contribution in [0.2, 0.25) is 0 Å². The molecular formula is C44H28O. The highest BCUT2D eigenvalue weighted by molar-refractivity contribution is 6.22. The van der Waals surface area contributed by atoms with Crippen LogP contribution in [0.5, 0.6) is 0 Å². The fraction of sp³-hybridized carbons (Fsp3) is 0.